The maximum atomic E-state index is 13.6. The van der Waals surface area contributed by atoms with Gasteiger partial charge in [-0.2, -0.15) is 0 Å². The second kappa shape index (κ2) is 10.0. The number of nitrogens with zero attached hydrogens (tertiary/aromatic N) is 2. The monoisotopic (exact) mass is 539 g/mol. The molecule has 3 aliphatic heterocycles. The van der Waals surface area contributed by atoms with Crippen molar-refractivity contribution < 1.29 is 9.59 Å². The van der Waals surface area contributed by atoms with Crippen molar-refractivity contribution >= 4 is 34.4 Å². The van der Waals surface area contributed by atoms with E-state index in [0.717, 1.165) is 52.6 Å². The van der Waals surface area contributed by atoms with Crippen molar-refractivity contribution in [3.8, 4) is 21.8 Å². The summed E-state index contributed by atoms with van der Waals surface area (Å²) in [6.07, 6.45) is 5.61. The summed E-state index contributed by atoms with van der Waals surface area (Å²) in [6.45, 7) is 4.38. The van der Waals surface area contributed by atoms with Crippen molar-refractivity contribution in [1.82, 2.24) is 20.5 Å². The third-order valence-electron chi connectivity index (χ3n) is 8.66. The van der Waals surface area contributed by atoms with Gasteiger partial charge in [-0.05, 0) is 25.2 Å². The van der Waals surface area contributed by atoms with Gasteiger partial charge in [0.25, 0.3) is 5.91 Å². The van der Waals surface area contributed by atoms with E-state index in [0.29, 0.717) is 18.2 Å². The molecule has 7 rings (SSSR count). The Morgan fingerprint density at radius 2 is 1.95 bits per heavy atom. The van der Waals surface area contributed by atoms with Crippen LogP contribution in [0.15, 0.2) is 60.0 Å². The first-order valence-corrected chi connectivity index (χ1v) is 14.9. The third kappa shape index (κ3) is 4.60. The molecular formula is C31H33N5O2S. The number of rotatable bonds is 6. The highest BCUT2D eigenvalue weighted by molar-refractivity contribution is 7.13. The largest absolute Gasteiger partial charge is 0.328 e. The smallest absolute Gasteiger partial charge is 0.256 e. The lowest BCUT2D eigenvalue weighted by molar-refractivity contribution is -0.136. The topological polar surface area (TPSA) is 86.4 Å². The Kier molecular flexibility index (Phi) is 6.34. The van der Waals surface area contributed by atoms with Crippen LogP contribution in [0.2, 0.25) is 0 Å². The summed E-state index contributed by atoms with van der Waals surface area (Å²) < 4.78 is 0. The molecule has 0 bridgehead atoms. The molecule has 2 aromatic carbocycles. The highest BCUT2D eigenvalue weighted by atomic mass is 32.1. The van der Waals surface area contributed by atoms with Crippen LogP contribution in [0.1, 0.15) is 31.7 Å². The number of amides is 2. The molecule has 3 fully saturated rings. The fourth-order valence-electron chi connectivity index (χ4n) is 6.52. The standard InChI is InChI=1S/C31H33N5O2S/c1-18-27(31(38)36-13-12-32-17-36)24(14-19-10-11-19)25(33-18)15-23-21-8-5-9-22(28(21)35-29(23)37)26-16-39-30(34-26)20-6-3-2-4-7-20/h2-9,15-16,18-19,24-25,27,32-33H,10-14,17H2,1H3,(H,35,37). The number of aromatic nitrogens is 1. The summed E-state index contributed by atoms with van der Waals surface area (Å²) in [5.41, 5.74) is 5.29. The average Bonchev–Trinajstić information content (AvgIpc) is 3.33. The lowest BCUT2D eigenvalue weighted by atomic mass is 9.81. The number of thiazole rings is 1. The lowest BCUT2D eigenvalue weighted by Crippen LogP contribution is -2.41. The lowest BCUT2D eigenvalue weighted by Gasteiger charge is -2.27. The van der Waals surface area contributed by atoms with Crippen LogP contribution in [-0.4, -0.2) is 53.5 Å². The summed E-state index contributed by atoms with van der Waals surface area (Å²) in [5, 5.41) is 13.1. The zero-order valence-electron chi connectivity index (χ0n) is 22.0. The van der Waals surface area contributed by atoms with Gasteiger partial charge in [-0.15, -0.1) is 11.3 Å². The van der Waals surface area contributed by atoms with E-state index in [1.165, 1.54) is 12.8 Å². The summed E-state index contributed by atoms with van der Waals surface area (Å²) in [5.74, 6) is 0.945. The Balaban J connectivity index is 1.20. The van der Waals surface area contributed by atoms with Crippen molar-refractivity contribution in [3.63, 3.8) is 0 Å². The number of anilines is 1. The number of para-hydroxylation sites is 1. The molecule has 4 heterocycles. The third-order valence-corrected chi connectivity index (χ3v) is 9.55. The van der Waals surface area contributed by atoms with E-state index in [1.54, 1.807) is 11.3 Å². The fourth-order valence-corrected chi connectivity index (χ4v) is 7.34. The van der Waals surface area contributed by atoms with Crippen LogP contribution in [0, 0.1) is 17.8 Å². The molecule has 1 aliphatic carbocycles. The highest BCUT2D eigenvalue weighted by Gasteiger charge is 2.48. The molecule has 3 N–H and O–H groups in total. The molecule has 4 unspecified atom stereocenters. The van der Waals surface area contributed by atoms with Crippen LogP contribution in [0.5, 0.6) is 0 Å². The molecule has 4 aliphatic rings. The summed E-state index contributed by atoms with van der Waals surface area (Å²) >= 11 is 1.61. The number of carbonyl (C=O) groups excluding carboxylic acids is 2. The average molecular weight is 540 g/mol. The van der Waals surface area contributed by atoms with Gasteiger partial charge in [0.2, 0.25) is 5.91 Å². The van der Waals surface area contributed by atoms with Gasteiger partial charge in [0.05, 0.1) is 24.0 Å². The van der Waals surface area contributed by atoms with Crippen molar-refractivity contribution in [2.24, 2.45) is 17.8 Å². The van der Waals surface area contributed by atoms with E-state index in [4.69, 9.17) is 4.98 Å². The molecule has 0 spiro atoms. The predicted molar refractivity (Wildman–Crippen MR) is 155 cm³/mol. The number of nitrogens with one attached hydrogen (secondary N) is 3. The minimum absolute atomic E-state index is 0.0237. The molecule has 39 heavy (non-hydrogen) atoms. The Morgan fingerprint density at radius 1 is 1.13 bits per heavy atom. The Morgan fingerprint density at radius 3 is 2.72 bits per heavy atom. The number of benzene rings is 2. The van der Waals surface area contributed by atoms with Crippen LogP contribution in [0.4, 0.5) is 5.69 Å². The first kappa shape index (κ1) is 24.7. The molecule has 8 heteroatoms. The molecule has 2 amide bonds. The second-order valence-electron chi connectivity index (χ2n) is 11.3. The molecule has 200 valence electrons. The van der Waals surface area contributed by atoms with Gasteiger partial charge in [-0.25, -0.2) is 4.98 Å². The van der Waals surface area contributed by atoms with E-state index in [2.05, 4.69) is 46.5 Å². The van der Waals surface area contributed by atoms with Crippen molar-refractivity contribution in [1.29, 1.82) is 0 Å². The minimum atomic E-state index is -0.0888. The zero-order chi connectivity index (χ0) is 26.5. The van der Waals surface area contributed by atoms with Crippen LogP contribution < -0.4 is 16.0 Å². The minimum Gasteiger partial charge on any atom is -0.328 e. The van der Waals surface area contributed by atoms with E-state index >= 15 is 0 Å². The van der Waals surface area contributed by atoms with E-state index < -0.39 is 0 Å². The van der Waals surface area contributed by atoms with Crippen molar-refractivity contribution in [3.05, 3.63) is 65.6 Å². The molecule has 1 aromatic heterocycles. The van der Waals surface area contributed by atoms with E-state index in [1.807, 2.05) is 41.3 Å². The summed E-state index contributed by atoms with van der Waals surface area (Å²) in [4.78, 5) is 33.8. The molecule has 7 nitrogen and oxygen atoms in total. The number of hydrogen-bond acceptors (Lipinski definition) is 6. The molecule has 1 saturated carbocycles. The first-order chi connectivity index (χ1) is 19.1. The Labute approximate surface area is 232 Å². The maximum Gasteiger partial charge on any atom is 0.256 e. The number of carbonyl (C=O) groups is 2. The van der Waals surface area contributed by atoms with Crippen LogP contribution in [0.3, 0.4) is 0 Å². The molecule has 4 atom stereocenters. The Bertz CT molecular complexity index is 1440. The van der Waals surface area contributed by atoms with Gasteiger partial charge in [-0.3, -0.25) is 14.9 Å². The van der Waals surface area contributed by atoms with Crippen LogP contribution in [0.25, 0.3) is 27.4 Å². The Hall–Kier alpha value is -3.33. The van der Waals surface area contributed by atoms with Gasteiger partial charge in [0.1, 0.15) is 5.01 Å². The predicted octanol–water partition coefficient (Wildman–Crippen LogP) is 4.59. The molecule has 2 saturated heterocycles. The summed E-state index contributed by atoms with van der Waals surface area (Å²) in [6, 6.07) is 16.2. The zero-order valence-corrected chi connectivity index (χ0v) is 22.8. The number of fused-ring (bicyclic) bond motifs is 1. The fraction of sp³-hybridized carbons (Fsp3) is 0.387. The van der Waals surface area contributed by atoms with Gasteiger partial charge in [-0.1, -0.05) is 67.4 Å². The van der Waals surface area contributed by atoms with Gasteiger partial charge in [0, 0.05) is 52.8 Å². The first-order valence-electron chi connectivity index (χ1n) is 14.0. The maximum absolute atomic E-state index is 13.6. The normalized spacial score (nSPS) is 27.3. The van der Waals surface area contributed by atoms with Crippen molar-refractivity contribution in [2.75, 3.05) is 25.1 Å². The van der Waals surface area contributed by atoms with Crippen LogP contribution >= 0.6 is 11.3 Å². The molecule has 3 aromatic rings. The highest BCUT2D eigenvalue weighted by Crippen LogP contribution is 2.45. The van der Waals surface area contributed by atoms with Gasteiger partial charge in [0.15, 0.2) is 0 Å². The van der Waals surface area contributed by atoms with E-state index in [9.17, 15) is 9.59 Å². The van der Waals surface area contributed by atoms with Crippen LogP contribution in [-0.2, 0) is 9.59 Å². The van der Waals surface area contributed by atoms with E-state index in [-0.39, 0.29) is 35.7 Å². The molecule has 0 radical (unpaired) electrons. The quantitative estimate of drug-likeness (QED) is 0.399. The van der Waals surface area contributed by atoms with Gasteiger partial charge >= 0.3 is 0 Å². The second-order valence-corrected chi connectivity index (χ2v) is 12.1. The summed E-state index contributed by atoms with van der Waals surface area (Å²) in [7, 11) is 0. The van der Waals surface area contributed by atoms with Crippen molar-refractivity contribution in [2.45, 2.75) is 38.3 Å². The SMILES string of the molecule is CC1NC(C=C2C(=O)Nc3c2cccc3-c2csc(-c3ccccc3)n2)C(CC2CC2)C1C(=O)N1CCNC1. The molecular weight excluding hydrogens is 506 g/mol. The number of hydrogen-bond donors (Lipinski definition) is 3. The van der Waals surface area contributed by atoms with Gasteiger partial charge < -0.3 is 15.5 Å².